The van der Waals surface area contributed by atoms with E-state index in [0.29, 0.717) is 10.5 Å². The number of carbonyl (C=O) groups excluding carboxylic acids is 3. The molecule has 0 aliphatic carbocycles. The molecule has 2 rings (SSSR count). The third-order valence-electron chi connectivity index (χ3n) is 3.75. The van der Waals surface area contributed by atoms with E-state index in [4.69, 9.17) is 5.11 Å². The molecule has 1 heterocycles. The maximum Gasteiger partial charge on any atom is 0.325 e. The van der Waals surface area contributed by atoms with E-state index in [-0.39, 0.29) is 0 Å². The molecule has 128 valence electrons. The lowest BCUT2D eigenvalue weighted by Gasteiger charge is -2.22. The maximum absolute atomic E-state index is 13.0. The second kappa shape index (κ2) is 6.26. The number of hydrogen-bond donors (Lipinski definition) is 3. The van der Waals surface area contributed by atoms with Gasteiger partial charge in [-0.05, 0) is 31.5 Å². The smallest absolute Gasteiger partial charge is 0.325 e. The summed E-state index contributed by atoms with van der Waals surface area (Å²) in [7, 11) is 0. The van der Waals surface area contributed by atoms with Crippen molar-refractivity contribution in [1.29, 1.82) is 0 Å². The molecule has 9 heteroatoms. The molecule has 8 nitrogen and oxygen atoms in total. The zero-order chi connectivity index (χ0) is 18.1. The molecule has 0 radical (unpaired) electrons. The van der Waals surface area contributed by atoms with Gasteiger partial charge in [-0.15, -0.1) is 0 Å². The van der Waals surface area contributed by atoms with Crippen LogP contribution in [0.25, 0.3) is 0 Å². The number of nitrogens with one attached hydrogen (secondary N) is 2. The van der Waals surface area contributed by atoms with Gasteiger partial charge in [0.15, 0.2) is 0 Å². The Morgan fingerprint density at radius 2 is 1.92 bits per heavy atom. The predicted octanol–water partition coefficient (Wildman–Crippen LogP) is 0.182. The van der Waals surface area contributed by atoms with Crippen molar-refractivity contribution in [3.05, 3.63) is 35.6 Å². The summed E-state index contributed by atoms with van der Waals surface area (Å²) in [5, 5.41) is 13.4. The quantitative estimate of drug-likeness (QED) is 0.663. The highest BCUT2D eigenvalue weighted by atomic mass is 19.1. The van der Waals surface area contributed by atoms with Crippen molar-refractivity contribution in [3.8, 4) is 0 Å². The number of rotatable bonds is 5. The molecule has 1 saturated heterocycles. The molecule has 3 N–H and O–H groups in total. The first-order chi connectivity index (χ1) is 11.1. The number of imide groups is 1. The number of carboxylic acids is 1. The van der Waals surface area contributed by atoms with Gasteiger partial charge in [0.1, 0.15) is 23.9 Å². The third kappa shape index (κ3) is 3.19. The van der Waals surface area contributed by atoms with Gasteiger partial charge in [0.2, 0.25) is 5.91 Å². The molecule has 1 unspecified atom stereocenters. The fourth-order valence-electron chi connectivity index (χ4n) is 2.31. The molecule has 0 saturated carbocycles. The van der Waals surface area contributed by atoms with Crippen molar-refractivity contribution in [2.45, 2.75) is 25.4 Å². The first kappa shape index (κ1) is 17.4. The van der Waals surface area contributed by atoms with Gasteiger partial charge in [-0.1, -0.05) is 12.1 Å². The minimum atomic E-state index is -1.43. The average molecular weight is 337 g/mol. The Morgan fingerprint density at radius 3 is 2.46 bits per heavy atom. The third-order valence-corrected chi connectivity index (χ3v) is 3.75. The van der Waals surface area contributed by atoms with E-state index in [1.807, 2.05) is 0 Å². The van der Waals surface area contributed by atoms with E-state index in [1.54, 1.807) is 0 Å². The Kier molecular flexibility index (Phi) is 4.54. The predicted molar refractivity (Wildman–Crippen MR) is 79.2 cm³/mol. The molecule has 1 aliphatic rings. The summed E-state index contributed by atoms with van der Waals surface area (Å²) in [5.74, 6) is -3.19. The van der Waals surface area contributed by atoms with Crippen LogP contribution in [0.15, 0.2) is 24.3 Å². The van der Waals surface area contributed by atoms with E-state index in [1.165, 1.54) is 26.0 Å². The second-order valence-electron chi connectivity index (χ2n) is 5.58. The van der Waals surface area contributed by atoms with Crippen molar-refractivity contribution in [3.63, 3.8) is 0 Å². The molecule has 0 spiro atoms. The normalized spacial score (nSPS) is 21.4. The molecule has 24 heavy (non-hydrogen) atoms. The lowest BCUT2D eigenvalue weighted by molar-refractivity contribution is -0.141. The highest BCUT2D eigenvalue weighted by molar-refractivity contribution is 6.09. The lowest BCUT2D eigenvalue weighted by atomic mass is 9.92. The largest absolute Gasteiger partial charge is 0.480 e. The van der Waals surface area contributed by atoms with Gasteiger partial charge in [-0.25, -0.2) is 9.18 Å². The molecule has 1 aromatic carbocycles. The Labute approximate surface area is 136 Å². The Morgan fingerprint density at radius 1 is 1.33 bits per heavy atom. The summed E-state index contributed by atoms with van der Waals surface area (Å²) in [6, 6.07) is 3.10. The number of hydrogen-bond acceptors (Lipinski definition) is 4. The summed E-state index contributed by atoms with van der Waals surface area (Å²) < 4.78 is 13.0. The van der Waals surface area contributed by atoms with Crippen LogP contribution < -0.4 is 10.6 Å². The average Bonchev–Trinajstić information content (AvgIpc) is 2.72. The van der Waals surface area contributed by atoms with Crippen LogP contribution >= 0.6 is 0 Å². The number of benzene rings is 1. The number of urea groups is 1. The monoisotopic (exact) mass is 337 g/mol. The zero-order valence-electron chi connectivity index (χ0n) is 13.0. The maximum atomic E-state index is 13.0. The topological polar surface area (TPSA) is 116 Å². The van der Waals surface area contributed by atoms with Gasteiger partial charge in [-0.2, -0.15) is 0 Å². The SMILES string of the molecule is C[C@@H](NC(=O)CN1C(=O)NC(C)(c2ccc(F)cc2)C1=O)C(=O)O. The molecule has 4 amide bonds. The fraction of sp³-hybridized carbons (Fsp3) is 0.333. The standard InChI is InChI=1S/C15H16FN3O5/c1-8(12(21)22)17-11(20)7-19-13(23)15(2,18-14(19)24)9-3-5-10(16)6-4-9/h3-6,8H,7H2,1-2H3,(H,17,20)(H,18,24)(H,21,22)/t8-,15?/m1/s1. The van der Waals surface area contributed by atoms with E-state index < -0.39 is 47.8 Å². The fourth-order valence-corrected chi connectivity index (χ4v) is 2.31. The van der Waals surface area contributed by atoms with Crippen LogP contribution in [0.3, 0.4) is 0 Å². The van der Waals surface area contributed by atoms with Crippen molar-refractivity contribution in [2.75, 3.05) is 6.54 Å². The molecule has 1 fully saturated rings. The molecular weight excluding hydrogens is 321 g/mol. The molecule has 2 atom stereocenters. The number of halogens is 1. The summed E-state index contributed by atoms with van der Waals surface area (Å²) in [4.78, 5) is 47.7. The summed E-state index contributed by atoms with van der Waals surface area (Å²) >= 11 is 0. The van der Waals surface area contributed by atoms with Crippen LogP contribution in [-0.4, -0.2) is 46.4 Å². The molecule has 0 aromatic heterocycles. The molecule has 1 aromatic rings. The number of amides is 4. The van der Waals surface area contributed by atoms with Gasteiger partial charge in [0, 0.05) is 0 Å². The summed E-state index contributed by atoms with van der Waals surface area (Å²) in [6.45, 7) is 2.09. The minimum absolute atomic E-state index is 0.365. The van der Waals surface area contributed by atoms with Gasteiger partial charge < -0.3 is 15.7 Å². The van der Waals surface area contributed by atoms with Crippen molar-refractivity contribution >= 4 is 23.8 Å². The van der Waals surface area contributed by atoms with Gasteiger partial charge in [0.05, 0.1) is 0 Å². The highest BCUT2D eigenvalue weighted by Crippen LogP contribution is 2.28. The van der Waals surface area contributed by atoms with Crippen LogP contribution in [0.5, 0.6) is 0 Å². The molecule has 0 bridgehead atoms. The van der Waals surface area contributed by atoms with Crippen LogP contribution in [0, 0.1) is 5.82 Å². The van der Waals surface area contributed by atoms with Crippen molar-refractivity contribution < 1.29 is 28.7 Å². The van der Waals surface area contributed by atoms with E-state index in [2.05, 4.69) is 10.6 Å². The number of aliphatic carboxylic acids is 1. The number of carbonyl (C=O) groups is 4. The van der Waals surface area contributed by atoms with Crippen LogP contribution in [0.1, 0.15) is 19.4 Å². The van der Waals surface area contributed by atoms with Gasteiger partial charge >= 0.3 is 12.0 Å². The van der Waals surface area contributed by atoms with E-state index in [0.717, 1.165) is 12.1 Å². The van der Waals surface area contributed by atoms with Crippen molar-refractivity contribution in [1.82, 2.24) is 15.5 Å². The highest BCUT2D eigenvalue weighted by Gasteiger charge is 2.49. The van der Waals surface area contributed by atoms with Crippen molar-refractivity contribution in [2.24, 2.45) is 0 Å². The second-order valence-corrected chi connectivity index (χ2v) is 5.58. The van der Waals surface area contributed by atoms with E-state index >= 15 is 0 Å². The van der Waals surface area contributed by atoms with Gasteiger partial charge in [0.25, 0.3) is 5.91 Å². The first-order valence-corrected chi connectivity index (χ1v) is 7.07. The van der Waals surface area contributed by atoms with E-state index in [9.17, 15) is 23.6 Å². The molecular formula is C15H16FN3O5. The van der Waals surface area contributed by atoms with Crippen LogP contribution in [-0.2, 0) is 19.9 Å². The summed E-state index contributed by atoms with van der Waals surface area (Å²) in [6.07, 6.45) is 0. The number of carboxylic acid groups (broad SMARTS) is 1. The summed E-state index contributed by atoms with van der Waals surface area (Å²) in [5.41, 5.74) is -1.06. The Bertz CT molecular complexity index is 706. The van der Waals surface area contributed by atoms with Gasteiger partial charge in [-0.3, -0.25) is 19.3 Å². The zero-order valence-corrected chi connectivity index (χ0v) is 13.0. The lowest BCUT2D eigenvalue weighted by Crippen LogP contribution is -2.46. The van der Waals surface area contributed by atoms with Crippen LogP contribution in [0.4, 0.5) is 9.18 Å². The van der Waals surface area contributed by atoms with Crippen LogP contribution in [0.2, 0.25) is 0 Å². The Hall–Kier alpha value is -2.97. The Balaban J connectivity index is 2.15. The first-order valence-electron chi connectivity index (χ1n) is 7.07. The number of nitrogens with zero attached hydrogens (tertiary/aromatic N) is 1. The minimum Gasteiger partial charge on any atom is -0.480 e. The molecule has 1 aliphatic heterocycles.